The lowest BCUT2D eigenvalue weighted by Crippen LogP contribution is -2.36. The molecule has 1 aromatic rings. The second-order valence-electron chi connectivity index (χ2n) is 6.28. The molecule has 0 radical (unpaired) electrons. The maximum Gasteiger partial charge on any atom is 0.0538 e. The van der Waals surface area contributed by atoms with Gasteiger partial charge in [0.1, 0.15) is 0 Å². The monoisotopic (exact) mass is 250 g/mol. The summed E-state index contributed by atoms with van der Waals surface area (Å²) >= 11 is 0. The molecule has 0 spiro atoms. The summed E-state index contributed by atoms with van der Waals surface area (Å²) in [6.45, 7) is 7.74. The van der Waals surface area contributed by atoms with Crippen molar-refractivity contribution in [2.24, 2.45) is 17.2 Å². The van der Waals surface area contributed by atoms with Gasteiger partial charge in [-0.3, -0.25) is 16.0 Å². The van der Waals surface area contributed by atoms with Crippen molar-refractivity contribution in [2.75, 3.05) is 0 Å². The summed E-state index contributed by atoms with van der Waals surface area (Å²) < 4.78 is 1.96. The smallest absolute Gasteiger partial charge is 0.0538 e. The molecule has 0 aromatic carbocycles. The first kappa shape index (κ1) is 13.6. The maximum absolute atomic E-state index is 5.77. The summed E-state index contributed by atoms with van der Waals surface area (Å²) in [5, 5.41) is 4.35. The number of rotatable bonds is 4. The van der Waals surface area contributed by atoms with E-state index in [9.17, 15) is 0 Å². The standard InChI is InChI=1S/C14H26N4/c1-4-18-10-12(9-16-18)13(17-15)11-5-7-14(2,3)8-6-11/h9-11,13,17H,4-8,15H2,1-3H3. The second-order valence-corrected chi connectivity index (χ2v) is 6.28. The molecule has 0 amide bonds. The molecule has 2 rings (SSSR count). The summed E-state index contributed by atoms with van der Waals surface area (Å²) in [5.41, 5.74) is 4.73. The van der Waals surface area contributed by atoms with Crippen LogP contribution in [0, 0.1) is 11.3 Å². The highest BCUT2D eigenvalue weighted by molar-refractivity contribution is 5.12. The lowest BCUT2D eigenvalue weighted by atomic mass is 9.70. The minimum Gasteiger partial charge on any atom is -0.273 e. The Hall–Kier alpha value is -0.870. The van der Waals surface area contributed by atoms with Crippen LogP contribution >= 0.6 is 0 Å². The lowest BCUT2D eigenvalue weighted by molar-refractivity contribution is 0.161. The Labute approximate surface area is 110 Å². The molecular weight excluding hydrogens is 224 g/mol. The van der Waals surface area contributed by atoms with Crippen molar-refractivity contribution in [3.8, 4) is 0 Å². The summed E-state index contributed by atoms with van der Waals surface area (Å²) in [5.74, 6) is 6.40. The van der Waals surface area contributed by atoms with Gasteiger partial charge in [-0.1, -0.05) is 13.8 Å². The average Bonchev–Trinajstić information content (AvgIpc) is 2.81. The number of aryl methyl sites for hydroxylation is 1. The molecule has 0 aliphatic heterocycles. The average molecular weight is 250 g/mol. The van der Waals surface area contributed by atoms with Gasteiger partial charge in [0.15, 0.2) is 0 Å². The molecule has 0 bridgehead atoms. The van der Waals surface area contributed by atoms with E-state index in [4.69, 9.17) is 5.84 Å². The van der Waals surface area contributed by atoms with Crippen LogP contribution in [0.5, 0.6) is 0 Å². The predicted molar refractivity (Wildman–Crippen MR) is 73.7 cm³/mol. The zero-order valence-electron chi connectivity index (χ0n) is 11.8. The number of aromatic nitrogens is 2. The van der Waals surface area contributed by atoms with Gasteiger partial charge < -0.3 is 0 Å². The highest BCUT2D eigenvalue weighted by atomic mass is 15.3. The van der Waals surface area contributed by atoms with Crippen LogP contribution in [-0.4, -0.2) is 9.78 Å². The van der Waals surface area contributed by atoms with Gasteiger partial charge in [0.2, 0.25) is 0 Å². The predicted octanol–water partition coefficient (Wildman–Crippen LogP) is 2.62. The van der Waals surface area contributed by atoms with Gasteiger partial charge in [-0.2, -0.15) is 5.10 Å². The number of nitrogens with one attached hydrogen (secondary N) is 1. The molecule has 18 heavy (non-hydrogen) atoms. The third-order valence-electron chi connectivity index (χ3n) is 4.37. The van der Waals surface area contributed by atoms with E-state index in [0.29, 0.717) is 11.3 Å². The van der Waals surface area contributed by atoms with Crippen LogP contribution in [0.4, 0.5) is 0 Å². The normalized spacial score (nSPS) is 22.0. The van der Waals surface area contributed by atoms with Gasteiger partial charge >= 0.3 is 0 Å². The summed E-state index contributed by atoms with van der Waals surface area (Å²) in [4.78, 5) is 0. The number of nitrogens with zero attached hydrogens (tertiary/aromatic N) is 2. The number of hydrazine groups is 1. The maximum atomic E-state index is 5.77. The summed E-state index contributed by atoms with van der Waals surface area (Å²) in [6.07, 6.45) is 9.14. The zero-order valence-corrected chi connectivity index (χ0v) is 11.8. The highest BCUT2D eigenvalue weighted by Crippen LogP contribution is 2.42. The SMILES string of the molecule is CCn1cc(C(NN)C2CCC(C)(C)CC2)cn1. The van der Waals surface area contributed by atoms with E-state index in [-0.39, 0.29) is 6.04 Å². The van der Waals surface area contributed by atoms with Gasteiger partial charge in [-0.05, 0) is 43.9 Å². The first-order valence-electron chi connectivity index (χ1n) is 7.04. The zero-order chi connectivity index (χ0) is 13.2. The molecule has 4 heteroatoms. The molecule has 102 valence electrons. The molecule has 1 unspecified atom stereocenters. The molecule has 1 aliphatic carbocycles. The molecule has 1 fully saturated rings. The van der Waals surface area contributed by atoms with E-state index in [1.165, 1.54) is 31.2 Å². The number of nitrogens with two attached hydrogens (primary N) is 1. The molecule has 1 atom stereocenters. The minimum atomic E-state index is 0.251. The van der Waals surface area contributed by atoms with Crippen molar-refractivity contribution in [1.82, 2.24) is 15.2 Å². The van der Waals surface area contributed by atoms with Gasteiger partial charge in [0.05, 0.1) is 12.2 Å². The third kappa shape index (κ3) is 2.93. The topological polar surface area (TPSA) is 55.9 Å². The number of hydrogen-bond acceptors (Lipinski definition) is 3. The number of hydrogen-bond donors (Lipinski definition) is 2. The van der Waals surface area contributed by atoms with Gasteiger partial charge in [0.25, 0.3) is 0 Å². The van der Waals surface area contributed by atoms with E-state index in [0.717, 1.165) is 6.54 Å². The Morgan fingerprint density at radius 2 is 2.17 bits per heavy atom. The molecule has 1 heterocycles. The quantitative estimate of drug-likeness (QED) is 0.638. The van der Waals surface area contributed by atoms with Crippen molar-refractivity contribution in [2.45, 2.75) is 59.0 Å². The fourth-order valence-electron chi connectivity index (χ4n) is 2.97. The molecule has 1 saturated carbocycles. The van der Waals surface area contributed by atoms with Crippen LogP contribution < -0.4 is 11.3 Å². The van der Waals surface area contributed by atoms with Crippen molar-refractivity contribution < 1.29 is 0 Å². The summed E-state index contributed by atoms with van der Waals surface area (Å²) in [6, 6.07) is 0.251. The van der Waals surface area contributed by atoms with E-state index in [1.54, 1.807) is 0 Å². The van der Waals surface area contributed by atoms with Gasteiger partial charge in [0, 0.05) is 18.3 Å². The second kappa shape index (κ2) is 5.41. The van der Waals surface area contributed by atoms with E-state index in [2.05, 4.69) is 37.5 Å². The van der Waals surface area contributed by atoms with Crippen LogP contribution in [0.3, 0.4) is 0 Å². The molecule has 3 N–H and O–H groups in total. The Kier molecular flexibility index (Phi) is 4.07. The van der Waals surface area contributed by atoms with Gasteiger partial charge in [-0.25, -0.2) is 0 Å². The fraction of sp³-hybridized carbons (Fsp3) is 0.786. The summed E-state index contributed by atoms with van der Waals surface area (Å²) in [7, 11) is 0. The molecule has 0 saturated heterocycles. The van der Waals surface area contributed by atoms with Gasteiger partial charge in [-0.15, -0.1) is 0 Å². The minimum absolute atomic E-state index is 0.251. The first-order chi connectivity index (χ1) is 8.55. The molecule has 1 aliphatic rings. The van der Waals surface area contributed by atoms with Crippen LogP contribution in [0.25, 0.3) is 0 Å². The largest absolute Gasteiger partial charge is 0.273 e. The third-order valence-corrected chi connectivity index (χ3v) is 4.37. The van der Waals surface area contributed by atoms with E-state index in [1.807, 2.05) is 10.9 Å². The van der Waals surface area contributed by atoms with Crippen LogP contribution in [0.1, 0.15) is 58.1 Å². The van der Waals surface area contributed by atoms with Crippen molar-refractivity contribution in [3.05, 3.63) is 18.0 Å². The van der Waals surface area contributed by atoms with Crippen LogP contribution in [0.2, 0.25) is 0 Å². The Morgan fingerprint density at radius 3 is 2.67 bits per heavy atom. The Balaban J connectivity index is 2.05. The van der Waals surface area contributed by atoms with Crippen molar-refractivity contribution >= 4 is 0 Å². The molecule has 1 aromatic heterocycles. The highest BCUT2D eigenvalue weighted by Gasteiger charge is 2.32. The fourth-order valence-corrected chi connectivity index (χ4v) is 2.97. The lowest BCUT2D eigenvalue weighted by Gasteiger charge is -2.37. The molecular formula is C14H26N4. The Morgan fingerprint density at radius 1 is 1.50 bits per heavy atom. The molecule has 4 nitrogen and oxygen atoms in total. The van der Waals surface area contributed by atoms with E-state index < -0.39 is 0 Å². The van der Waals surface area contributed by atoms with Crippen molar-refractivity contribution in [1.29, 1.82) is 0 Å². The Bertz CT molecular complexity index is 373. The van der Waals surface area contributed by atoms with Crippen LogP contribution in [0.15, 0.2) is 12.4 Å². The van der Waals surface area contributed by atoms with Crippen LogP contribution in [-0.2, 0) is 6.54 Å². The van der Waals surface area contributed by atoms with E-state index >= 15 is 0 Å². The first-order valence-corrected chi connectivity index (χ1v) is 7.04. The van der Waals surface area contributed by atoms with Crippen molar-refractivity contribution in [3.63, 3.8) is 0 Å².